The van der Waals surface area contributed by atoms with Gasteiger partial charge in [0.15, 0.2) is 10.1 Å². The lowest BCUT2D eigenvalue weighted by Gasteiger charge is -2.29. The Morgan fingerprint density at radius 1 is 1.24 bits per heavy atom. The molecule has 4 rings (SSSR count). The van der Waals surface area contributed by atoms with Crippen molar-refractivity contribution in [1.82, 2.24) is 19.0 Å². The number of carbonyl (C=O) groups excluding carboxylic acids is 1. The van der Waals surface area contributed by atoms with Gasteiger partial charge < -0.3 is 5.32 Å². The first kappa shape index (κ1) is 20.6. The van der Waals surface area contributed by atoms with Crippen molar-refractivity contribution in [3.8, 4) is 0 Å². The van der Waals surface area contributed by atoms with E-state index in [-0.39, 0.29) is 22.5 Å². The number of imidazole rings is 1. The molecule has 0 radical (unpaired) electrons. The molecule has 1 unspecified atom stereocenters. The van der Waals surface area contributed by atoms with Crippen LogP contribution >= 0.6 is 34.5 Å². The smallest absolute Gasteiger partial charge is 0.244 e. The Morgan fingerprint density at radius 2 is 2.00 bits per heavy atom. The van der Waals surface area contributed by atoms with Crippen molar-refractivity contribution in [2.75, 3.05) is 6.54 Å². The Labute approximate surface area is 182 Å². The molecule has 0 spiro atoms. The van der Waals surface area contributed by atoms with Crippen LogP contribution in [-0.2, 0) is 21.4 Å². The van der Waals surface area contributed by atoms with E-state index in [2.05, 4.69) is 10.3 Å². The summed E-state index contributed by atoms with van der Waals surface area (Å²) in [5, 5.41) is 5.32. The van der Waals surface area contributed by atoms with E-state index in [1.807, 2.05) is 5.38 Å². The Bertz CT molecular complexity index is 1140. The molecule has 29 heavy (non-hydrogen) atoms. The fourth-order valence-electron chi connectivity index (χ4n) is 3.40. The normalized spacial score (nSPS) is 18.2. The van der Waals surface area contributed by atoms with Crippen LogP contribution in [0.5, 0.6) is 0 Å². The molecular weight excluding hydrogens is 455 g/mol. The van der Waals surface area contributed by atoms with Gasteiger partial charge in [0.05, 0.1) is 17.1 Å². The van der Waals surface area contributed by atoms with E-state index in [0.29, 0.717) is 28.6 Å². The minimum atomic E-state index is -3.99. The van der Waals surface area contributed by atoms with Gasteiger partial charge in [0, 0.05) is 23.1 Å². The zero-order chi connectivity index (χ0) is 20.6. The minimum absolute atomic E-state index is 0.0697. The maximum Gasteiger partial charge on any atom is 0.244 e. The summed E-state index contributed by atoms with van der Waals surface area (Å²) in [4.78, 5) is 17.7. The monoisotopic (exact) mass is 472 g/mol. The number of sulfonamides is 1. The highest BCUT2D eigenvalue weighted by atomic mass is 35.5. The lowest BCUT2D eigenvalue weighted by atomic mass is 10.1. The van der Waals surface area contributed by atoms with Crippen LogP contribution in [0, 0.1) is 0 Å². The first-order valence-electron chi connectivity index (χ1n) is 9.03. The number of nitrogens with zero attached hydrogens (tertiary/aromatic N) is 3. The van der Waals surface area contributed by atoms with Gasteiger partial charge in [-0.05, 0) is 43.5 Å². The largest absolute Gasteiger partial charge is 0.355 e. The number of halogens is 2. The van der Waals surface area contributed by atoms with Crippen LogP contribution in [0.1, 0.15) is 25.0 Å². The van der Waals surface area contributed by atoms with E-state index in [1.165, 1.54) is 39.9 Å². The fraction of sp³-hybridized carbons (Fsp3) is 0.333. The molecule has 154 valence electrons. The average molecular weight is 473 g/mol. The van der Waals surface area contributed by atoms with E-state index in [4.69, 9.17) is 23.2 Å². The lowest BCUT2D eigenvalue weighted by Crippen LogP contribution is -2.48. The molecule has 0 bridgehead atoms. The van der Waals surface area contributed by atoms with E-state index in [0.717, 1.165) is 12.8 Å². The average Bonchev–Trinajstić information content (AvgIpc) is 3.17. The van der Waals surface area contributed by atoms with Gasteiger partial charge in [0.2, 0.25) is 15.9 Å². The molecule has 1 amide bonds. The van der Waals surface area contributed by atoms with Crippen molar-refractivity contribution >= 4 is 55.4 Å². The first-order valence-corrected chi connectivity index (χ1v) is 12.1. The molecule has 1 saturated heterocycles. The number of hydrogen-bond donors (Lipinski definition) is 1. The number of benzene rings is 1. The molecule has 1 aromatic carbocycles. The van der Waals surface area contributed by atoms with E-state index in [1.54, 1.807) is 10.6 Å². The van der Waals surface area contributed by atoms with Crippen LogP contribution in [0.2, 0.25) is 10.2 Å². The Kier molecular flexibility index (Phi) is 5.85. The van der Waals surface area contributed by atoms with Crippen molar-refractivity contribution in [1.29, 1.82) is 0 Å². The summed E-state index contributed by atoms with van der Waals surface area (Å²) in [5.74, 6) is -0.303. The number of hydrogen-bond acceptors (Lipinski definition) is 5. The minimum Gasteiger partial charge on any atom is -0.355 e. The summed E-state index contributed by atoms with van der Waals surface area (Å²) in [6.45, 7) is 0.464. The maximum atomic E-state index is 13.5. The molecule has 2 aromatic heterocycles. The highest BCUT2D eigenvalue weighted by Crippen LogP contribution is 2.29. The molecule has 3 aromatic rings. The third-order valence-electron chi connectivity index (χ3n) is 4.89. The predicted octanol–water partition coefficient (Wildman–Crippen LogP) is 3.56. The lowest BCUT2D eigenvalue weighted by molar-refractivity contribution is -0.124. The quantitative estimate of drug-likeness (QED) is 0.614. The second kappa shape index (κ2) is 8.23. The topological polar surface area (TPSA) is 83.8 Å². The van der Waals surface area contributed by atoms with E-state index >= 15 is 0 Å². The standard InChI is InChI=1S/C18H18Cl2N4O3S2/c19-12-4-6-13(7-5-12)29(26,27)24(14-3-1-2-8-21-17(14)25)11-15-16(20)22-18-23(15)9-10-28-18/h4-7,9-10,14H,1-3,8,11H2,(H,21,25). The van der Waals surface area contributed by atoms with Crippen molar-refractivity contribution < 1.29 is 13.2 Å². The van der Waals surface area contributed by atoms with Gasteiger partial charge >= 0.3 is 0 Å². The second-order valence-electron chi connectivity index (χ2n) is 6.71. The molecule has 1 aliphatic rings. The molecular formula is C18H18Cl2N4O3S2. The van der Waals surface area contributed by atoms with Crippen LogP contribution in [-0.4, -0.2) is 40.6 Å². The Balaban J connectivity index is 1.80. The zero-order valence-electron chi connectivity index (χ0n) is 15.2. The van der Waals surface area contributed by atoms with Gasteiger partial charge in [0.25, 0.3) is 0 Å². The first-order chi connectivity index (χ1) is 13.9. The molecule has 1 N–H and O–H groups in total. The van der Waals surface area contributed by atoms with E-state index < -0.39 is 16.1 Å². The SMILES string of the molecule is O=C1NCCCCC1N(Cc1c(Cl)nc2sccn12)S(=O)(=O)c1ccc(Cl)cc1. The van der Waals surface area contributed by atoms with Crippen molar-refractivity contribution in [3.63, 3.8) is 0 Å². The van der Waals surface area contributed by atoms with Gasteiger partial charge in [-0.25, -0.2) is 13.4 Å². The molecule has 1 aliphatic heterocycles. The van der Waals surface area contributed by atoms with Crippen molar-refractivity contribution in [3.05, 3.63) is 51.7 Å². The summed E-state index contributed by atoms with van der Waals surface area (Å²) < 4.78 is 30.1. The number of nitrogens with one attached hydrogen (secondary N) is 1. The van der Waals surface area contributed by atoms with Crippen molar-refractivity contribution in [2.24, 2.45) is 0 Å². The number of rotatable bonds is 5. The van der Waals surface area contributed by atoms with Crippen LogP contribution in [0.4, 0.5) is 0 Å². The fourth-order valence-corrected chi connectivity index (χ4v) is 6.12. The Hall–Kier alpha value is -1.65. The van der Waals surface area contributed by atoms with Gasteiger partial charge in [-0.15, -0.1) is 11.3 Å². The van der Waals surface area contributed by atoms with Crippen LogP contribution in [0.3, 0.4) is 0 Å². The third kappa shape index (κ3) is 4.02. The van der Waals surface area contributed by atoms with Crippen molar-refractivity contribution in [2.45, 2.75) is 36.7 Å². The molecule has 3 heterocycles. The zero-order valence-corrected chi connectivity index (χ0v) is 18.4. The summed E-state index contributed by atoms with van der Waals surface area (Å²) in [6, 6.07) is 5.08. The molecule has 0 aliphatic carbocycles. The highest BCUT2D eigenvalue weighted by molar-refractivity contribution is 7.89. The number of fused-ring (bicyclic) bond motifs is 1. The summed E-state index contributed by atoms with van der Waals surface area (Å²) in [6.07, 6.45) is 3.76. The molecule has 11 heteroatoms. The van der Waals surface area contributed by atoms with E-state index in [9.17, 15) is 13.2 Å². The van der Waals surface area contributed by atoms with Crippen LogP contribution < -0.4 is 5.32 Å². The van der Waals surface area contributed by atoms with Gasteiger partial charge in [0.1, 0.15) is 6.04 Å². The summed E-state index contributed by atoms with van der Waals surface area (Å²) in [7, 11) is -3.99. The maximum absolute atomic E-state index is 13.5. The number of thiazole rings is 1. The van der Waals surface area contributed by atoms with Gasteiger partial charge in [-0.1, -0.05) is 23.2 Å². The third-order valence-corrected chi connectivity index (χ3v) is 8.07. The predicted molar refractivity (Wildman–Crippen MR) is 113 cm³/mol. The second-order valence-corrected chi connectivity index (χ2v) is 10.3. The van der Waals surface area contributed by atoms with Crippen LogP contribution in [0.15, 0.2) is 40.7 Å². The molecule has 0 saturated carbocycles. The number of amides is 1. The molecule has 1 fully saturated rings. The number of carbonyl (C=O) groups is 1. The number of aromatic nitrogens is 2. The molecule has 7 nitrogen and oxygen atoms in total. The van der Waals surface area contributed by atoms with Crippen LogP contribution in [0.25, 0.3) is 4.96 Å². The van der Waals surface area contributed by atoms with Gasteiger partial charge in [-0.3, -0.25) is 9.20 Å². The summed E-state index contributed by atoms with van der Waals surface area (Å²) in [5.41, 5.74) is 0.525. The highest BCUT2D eigenvalue weighted by Gasteiger charge is 2.37. The summed E-state index contributed by atoms with van der Waals surface area (Å²) >= 11 is 13.6. The Morgan fingerprint density at radius 3 is 2.76 bits per heavy atom. The molecule has 1 atom stereocenters. The van der Waals surface area contributed by atoms with Gasteiger partial charge in [-0.2, -0.15) is 4.31 Å².